The van der Waals surface area contributed by atoms with Gasteiger partial charge in [-0.2, -0.15) is 0 Å². The average Bonchev–Trinajstić information content (AvgIpc) is 3.00. The third-order valence-corrected chi connectivity index (χ3v) is 8.28. The smallest absolute Gasteiger partial charge is 0.0466 e. The first-order chi connectivity index (χ1) is 19.4. The number of benzene rings is 3. The summed E-state index contributed by atoms with van der Waals surface area (Å²) in [6.07, 6.45) is 21.1. The Bertz CT molecular complexity index is 853. The van der Waals surface area contributed by atoms with Crippen LogP contribution in [-0.4, -0.2) is 13.2 Å². The van der Waals surface area contributed by atoms with Crippen LogP contribution in [0.1, 0.15) is 126 Å². The first-order valence-corrected chi connectivity index (χ1v) is 16.1. The Labute approximate surface area is 240 Å². The Morgan fingerprint density at radius 2 is 0.744 bits per heavy atom. The van der Waals surface area contributed by atoms with E-state index in [0.29, 0.717) is 0 Å². The molecule has 0 aliphatic heterocycles. The van der Waals surface area contributed by atoms with Crippen LogP contribution in [0.25, 0.3) is 0 Å². The van der Waals surface area contributed by atoms with Crippen molar-refractivity contribution in [2.75, 3.05) is 13.2 Å². The average molecular weight is 527 g/mol. The Balaban J connectivity index is 1.34. The fourth-order valence-corrected chi connectivity index (χ4v) is 6.02. The van der Waals surface area contributed by atoms with E-state index in [0.717, 1.165) is 19.6 Å². The van der Waals surface area contributed by atoms with Gasteiger partial charge < -0.3 is 4.74 Å². The molecule has 0 atom stereocenters. The van der Waals surface area contributed by atoms with E-state index in [1.807, 2.05) is 0 Å². The van der Waals surface area contributed by atoms with Crippen LogP contribution in [-0.2, 0) is 10.2 Å². The highest BCUT2D eigenvalue weighted by Gasteiger charge is 2.35. The molecule has 0 aliphatic rings. The van der Waals surface area contributed by atoms with Crippen LogP contribution >= 0.6 is 0 Å². The minimum Gasteiger partial charge on any atom is -0.381 e. The molecule has 0 aliphatic carbocycles. The van der Waals surface area contributed by atoms with E-state index >= 15 is 0 Å². The molecule has 212 valence electrons. The normalized spacial score (nSPS) is 11.6. The van der Waals surface area contributed by atoms with Crippen molar-refractivity contribution < 1.29 is 4.74 Å². The zero-order valence-corrected chi connectivity index (χ0v) is 24.8. The minimum atomic E-state index is -0.101. The molecule has 0 radical (unpaired) electrons. The lowest BCUT2D eigenvalue weighted by atomic mass is 9.66. The molecule has 3 aromatic rings. The number of hydrogen-bond acceptors (Lipinski definition) is 1. The molecule has 0 saturated carbocycles. The molecule has 3 rings (SSSR count). The zero-order chi connectivity index (χ0) is 27.3. The van der Waals surface area contributed by atoms with Gasteiger partial charge in [-0.15, -0.1) is 0 Å². The van der Waals surface area contributed by atoms with Gasteiger partial charge in [0.2, 0.25) is 0 Å². The molecule has 0 bridgehead atoms. The van der Waals surface area contributed by atoms with Crippen LogP contribution in [0.4, 0.5) is 0 Å². The van der Waals surface area contributed by atoms with E-state index in [-0.39, 0.29) is 5.41 Å². The quantitative estimate of drug-likeness (QED) is 0.0934. The summed E-state index contributed by atoms with van der Waals surface area (Å²) in [5.41, 5.74) is 4.09. The standard InChI is InChI=1S/C38H54O/c1-2-3-4-5-6-9-12-24-33-39-34-25-13-10-7-8-11-23-32-38(35-26-17-14-18-27-35,36-28-19-15-20-29-36)37-30-21-16-22-31-37/h14-22,26-31H,2-13,23-25,32-34H2,1H3. The van der Waals surface area contributed by atoms with Crippen LogP contribution in [0, 0.1) is 0 Å². The molecular weight excluding hydrogens is 472 g/mol. The summed E-state index contributed by atoms with van der Waals surface area (Å²) in [4.78, 5) is 0. The zero-order valence-electron chi connectivity index (χ0n) is 24.8. The molecular formula is C38H54O. The number of unbranched alkanes of at least 4 members (excludes halogenated alkanes) is 13. The van der Waals surface area contributed by atoms with Gasteiger partial charge >= 0.3 is 0 Å². The van der Waals surface area contributed by atoms with Gasteiger partial charge in [-0.3, -0.25) is 0 Å². The van der Waals surface area contributed by atoms with Gasteiger partial charge in [0.05, 0.1) is 0 Å². The summed E-state index contributed by atoms with van der Waals surface area (Å²) >= 11 is 0. The van der Waals surface area contributed by atoms with Gasteiger partial charge in [-0.1, -0.05) is 181 Å². The fraction of sp³-hybridized carbons (Fsp3) is 0.526. The Morgan fingerprint density at radius 1 is 0.410 bits per heavy atom. The largest absolute Gasteiger partial charge is 0.381 e. The van der Waals surface area contributed by atoms with Gasteiger partial charge in [-0.05, 0) is 36.0 Å². The molecule has 0 aromatic heterocycles. The van der Waals surface area contributed by atoms with Crippen molar-refractivity contribution in [3.8, 4) is 0 Å². The van der Waals surface area contributed by atoms with Gasteiger partial charge in [0.25, 0.3) is 0 Å². The second-order valence-electron chi connectivity index (χ2n) is 11.3. The summed E-state index contributed by atoms with van der Waals surface area (Å²) in [6, 6.07) is 33.4. The molecule has 0 amide bonds. The predicted molar refractivity (Wildman–Crippen MR) is 170 cm³/mol. The van der Waals surface area contributed by atoms with E-state index in [2.05, 4.69) is 97.9 Å². The predicted octanol–water partition coefficient (Wildman–Crippen LogP) is 11.3. The topological polar surface area (TPSA) is 9.23 Å². The fourth-order valence-electron chi connectivity index (χ4n) is 6.02. The number of rotatable bonds is 22. The van der Waals surface area contributed by atoms with Crippen molar-refractivity contribution in [2.45, 2.75) is 115 Å². The Kier molecular flexibility index (Phi) is 15.7. The first-order valence-electron chi connectivity index (χ1n) is 16.1. The van der Waals surface area contributed by atoms with Crippen molar-refractivity contribution in [1.82, 2.24) is 0 Å². The van der Waals surface area contributed by atoms with E-state index in [1.54, 1.807) is 0 Å². The third kappa shape index (κ3) is 11.0. The highest BCUT2D eigenvalue weighted by Crippen LogP contribution is 2.43. The summed E-state index contributed by atoms with van der Waals surface area (Å²) in [5, 5.41) is 0. The summed E-state index contributed by atoms with van der Waals surface area (Å²) in [7, 11) is 0. The van der Waals surface area contributed by atoms with Crippen molar-refractivity contribution in [3.63, 3.8) is 0 Å². The van der Waals surface area contributed by atoms with Crippen molar-refractivity contribution >= 4 is 0 Å². The lowest BCUT2D eigenvalue weighted by Crippen LogP contribution is -2.29. The molecule has 0 heterocycles. The van der Waals surface area contributed by atoms with Crippen LogP contribution < -0.4 is 0 Å². The number of hydrogen-bond donors (Lipinski definition) is 0. The maximum atomic E-state index is 5.89. The van der Waals surface area contributed by atoms with Gasteiger partial charge in [0.1, 0.15) is 0 Å². The van der Waals surface area contributed by atoms with Crippen LogP contribution in [0.2, 0.25) is 0 Å². The second kappa shape index (κ2) is 19.6. The van der Waals surface area contributed by atoms with E-state index in [9.17, 15) is 0 Å². The SMILES string of the molecule is CCCCCCCCCCOCCCCCCCCCC(c1ccccc1)(c1ccccc1)c1ccccc1. The van der Waals surface area contributed by atoms with Crippen molar-refractivity contribution in [2.24, 2.45) is 0 Å². The highest BCUT2D eigenvalue weighted by atomic mass is 16.5. The molecule has 1 nitrogen and oxygen atoms in total. The maximum Gasteiger partial charge on any atom is 0.0466 e. The number of ether oxygens (including phenoxy) is 1. The maximum absolute atomic E-state index is 5.89. The molecule has 0 N–H and O–H groups in total. The Morgan fingerprint density at radius 3 is 1.13 bits per heavy atom. The third-order valence-electron chi connectivity index (χ3n) is 8.28. The van der Waals surface area contributed by atoms with E-state index < -0.39 is 0 Å². The van der Waals surface area contributed by atoms with E-state index in [1.165, 1.54) is 113 Å². The van der Waals surface area contributed by atoms with Crippen LogP contribution in [0.15, 0.2) is 91.0 Å². The summed E-state index contributed by atoms with van der Waals surface area (Å²) < 4.78 is 5.89. The molecule has 0 spiro atoms. The molecule has 0 saturated heterocycles. The molecule has 39 heavy (non-hydrogen) atoms. The second-order valence-corrected chi connectivity index (χ2v) is 11.3. The lowest BCUT2D eigenvalue weighted by Gasteiger charge is -2.36. The molecule has 0 fully saturated rings. The van der Waals surface area contributed by atoms with Gasteiger partial charge in [0, 0.05) is 18.6 Å². The highest BCUT2D eigenvalue weighted by molar-refractivity contribution is 5.50. The van der Waals surface area contributed by atoms with Crippen LogP contribution in [0.5, 0.6) is 0 Å². The van der Waals surface area contributed by atoms with Gasteiger partial charge in [-0.25, -0.2) is 0 Å². The monoisotopic (exact) mass is 526 g/mol. The summed E-state index contributed by atoms with van der Waals surface area (Å²) in [6.45, 7) is 4.19. The van der Waals surface area contributed by atoms with Gasteiger partial charge in [0.15, 0.2) is 0 Å². The van der Waals surface area contributed by atoms with Crippen molar-refractivity contribution in [3.05, 3.63) is 108 Å². The minimum absolute atomic E-state index is 0.101. The molecule has 1 heteroatoms. The van der Waals surface area contributed by atoms with Crippen molar-refractivity contribution in [1.29, 1.82) is 0 Å². The lowest BCUT2D eigenvalue weighted by molar-refractivity contribution is 0.125. The Hall–Kier alpha value is -2.38. The first kappa shape index (κ1) is 31.2. The van der Waals surface area contributed by atoms with Crippen LogP contribution in [0.3, 0.4) is 0 Å². The molecule has 3 aromatic carbocycles. The molecule has 0 unspecified atom stereocenters. The van der Waals surface area contributed by atoms with E-state index in [4.69, 9.17) is 4.74 Å². The summed E-state index contributed by atoms with van der Waals surface area (Å²) in [5.74, 6) is 0.